The molecule has 0 bridgehead atoms. The van der Waals surface area contributed by atoms with Crippen LogP contribution >= 0.6 is 11.3 Å². The van der Waals surface area contributed by atoms with Crippen molar-refractivity contribution < 1.29 is 27.4 Å². The maximum absolute atomic E-state index is 13.4. The zero-order valence-electron chi connectivity index (χ0n) is 20.2. The van der Waals surface area contributed by atoms with Crippen molar-refractivity contribution in [3.05, 3.63) is 42.0 Å². The summed E-state index contributed by atoms with van der Waals surface area (Å²) in [5, 5.41) is 2.98. The number of rotatable bonds is 9. The Hall–Kier alpha value is -2.60. The van der Waals surface area contributed by atoms with Crippen molar-refractivity contribution in [3.8, 4) is 5.88 Å². The van der Waals surface area contributed by atoms with Crippen LogP contribution in [-0.2, 0) is 24.1 Å². The molecule has 1 unspecified atom stereocenters. The van der Waals surface area contributed by atoms with Crippen LogP contribution in [0.5, 0.6) is 5.88 Å². The lowest BCUT2D eigenvalue weighted by molar-refractivity contribution is -0.136. The number of sulfone groups is 1. The zero-order valence-corrected chi connectivity index (χ0v) is 21.8. The average molecular weight is 532 g/mol. The summed E-state index contributed by atoms with van der Waals surface area (Å²) in [6.07, 6.45) is 1.69. The number of nitrogens with one attached hydrogen (secondary N) is 1. The van der Waals surface area contributed by atoms with Gasteiger partial charge in [0.1, 0.15) is 10.3 Å². The molecule has 9 nitrogen and oxygen atoms in total. The lowest BCUT2D eigenvalue weighted by atomic mass is 10.1. The van der Waals surface area contributed by atoms with E-state index in [1.807, 2.05) is 13.8 Å². The van der Waals surface area contributed by atoms with Gasteiger partial charge < -0.3 is 14.2 Å². The van der Waals surface area contributed by atoms with Crippen molar-refractivity contribution >= 4 is 42.6 Å². The summed E-state index contributed by atoms with van der Waals surface area (Å²) >= 11 is 1.25. The quantitative estimate of drug-likeness (QED) is 0.435. The van der Waals surface area contributed by atoms with Gasteiger partial charge in [0.25, 0.3) is 5.91 Å². The number of hydrogen-bond donors (Lipinski definition) is 1. The molecule has 2 fully saturated rings. The molecular weight excluding hydrogens is 502 g/mol. The molecule has 0 radical (unpaired) electrons. The van der Waals surface area contributed by atoms with Gasteiger partial charge in [0.15, 0.2) is 21.1 Å². The molecule has 0 spiro atoms. The second-order valence-corrected chi connectivity index (χ2v) is 12.5. The molecule has 1 saturated carbocycles. The number of thiazole rings is 1. The number of carbonyl (C=O) groups excluding carboxylic acids is 1. The van der Waals surface area contributed by atoms with E-state index in [9.17, 15) is 13.2 Å². The second-order valence-electron chi connectivity index (χ2n) is 9.29. The summed E-state index contributed by atoms with van der Waals surface area (Å²) in [6, 6.07) is 10.0. The summed E-state index contributed by atoms with van der Waals surface area (Å²) in [4.78, 5) is 23.3. The van der Waals surface area contributed by atoms with Crippen LogP contribution in [0, 0.1) is 0 Å². The minimum Gasteiger partial charge on any atom is -0.475 e. The summed E-state index contributed by atoms with van der Waals surface area (Å²) in [5.41, 5.74) is 1.24. The molecule has 2 aromatic heterocycles. The predicted molar refractivity (Wildman–Crippen MR) is 136 cm³/mol. The monoisotopic (exact) mass is 531 g/mol. The fourth-order valence-electron chi connectivity index (χ4n) is 4.03. The largest absolute Gasteiger partial charge is 0.475 e. The highest BCUT2D eigenvalue weighted by atomic mass is 32.2. The average Bonchev–Trinajstić information content (AvgIpc) is 3.65. The third-order valence-electron chi connectivity index (χ3n) is 6.03. The van der Waals surface area contributed by atoms with Crippen LogP contribution in [0.4, 0.5) is 5.13 Å². The van der Waals surface area contributed by atoms with Gasteiger partial charge in [-0.1, -0.05) is 23.5 Å². The summed E-state index contributed by atoms with van der Waals surface area (Å²) in [5.74, 6) is 0.123. The summed E-state index contributed by atoms with van der Waals surface area (Å²) < 4.78 is 42.5. The van der Waals surface area contributed by atoms with Gasteiger partial charge in [0, 0.05) is 19.3 Å². The van der Waals surface area contributed by atoms with Crippen molar-refractivity contribution in [3.63, 3.8) is 0 Å². The third kappa shape index (κ3) is 5.69. The maximum Gasteiger partial charge on any atom is 0.259 e. The van der Waals surface area contributed by atoms with E-state index in [1.54, 1.807) is 36.4 Å². The van der Waals surface area contributed by atoms with Gasteiger partial charge in [-0.3, -0.25) is 10.1 Å². The Morgan fingerprint density at radius 2 is 1.78 bits per heavy atom. The Morgan fingerprint density at radius 3 is 2.44 bits per heavy atom. The first-order chi connectivity index (χ1) is 17.3. The number of ether oxygens (including phenoxy) is 3. The molecule has 192 valence electrons. The van der Waals surface area contributed by atoms with Gasteiger partial charge in [-0.2, -0.15) is 0 Å². The highest BCUT2D eigenvalue weighted by Gasteiger charge is 2.37. The Morgan fingerprint density at radius 1 is 1.06 bits per heavy atom. The fourth-order valence-corrected chi connectivity index (χ4v) is 6.52. The molecule has 1 saturated heterocycles. The molecule has 11 heteroatoms. The molecule has 3 aromatic rings. The maximum atomic E-state index is 13.4. The SMILES string of the molecule is CC(C)Oc1ccc2nc(NC(=O)C(OC3CCOCC3)c3ccc(S(=O)(=O)C4CC4)cc3)sc2n1. The molecule has 1 aromatic carbocycles. The lowest BCUT2D eigenvalue weighted by Crippen LogP contribution is -2.31. The van der Waals surface area contributed by atoms with E-state index in [0.717, 1.165) is 0 Å². The molecular formula is C25H29N3O6S2. The number of aromatic nitrogens is 2. The first-order valence-corrected chi connectivity index (χ1v) is 14.5. The normalized spacial score (nSPS) is 17.9. The van der Waals surface area contributed by atoms with E-state index < -0.39 is 15.9 Å². The summed E-state index contributed by atoms with van der Waals surface area (Å²) in [7, 11) is -3.31. The number of nitrogens with zero attached hydrogens (tertiary/aromatic N) is 2. The van der Waals surface area contributed by atoms with Crippen molar-refractivity contribution in [2.24, 2.45) is 0 Å². The van der Waals surface area contributed by atoms with Gasteiger partial charge in [-0.15, -0.1) is 0 Å². The highest BCUT2D eigenvalue weighted by molar-refractivity contribution is 7.92. The minimum atomic E-state index is -3.31. The van der Waals surface area contributed by atoms with E-state index >= 15 is 0 Å². The molecule has 1 aliphatic heterocycles. The smallest absolute Gasteiger partial charge is 0.259 e. The highest BCUT2D eigenvalue weighted by Crippen LogP contribution is 2.35. The van der Waals surface area contributed by atoms with Gasteiger partial charge in [-0.05, 0) is 63.3 Å². The first-order valence-electron chi connectivity index (χ1n) is 12.1. The van der Waals surface area contributed by atoms with E-state index in [0.29, 0.717) is 65.8 Å². The molecule has 1 aliphatic carbocycles. The van der Waals surface area contributed by atoms with Crippen LogP contribution in [0.1, 0.15) is 51.2 Å². The van der Waals surface area contributed by atoms with E-state index in [-0.39, 0.29) is 28.3 Å². The molecule has 36 heavy (non-hydrogen) atoms. The molecule has 1 N–H and O–H groups in total. The minimum absolute atomic E-state index is 0.00390. The van der Waals surface area contributed by atoms with Gasteiger partial charge in [0.05, 0.1) is 22.4 Å². The Labute approximate surface area is 214 Å². The number of hydrogen-bond acceptors (Lipinski definition) is 9. The standard InChI is InChI=1S/C25H29N3O6S2/c1-15(2)33-21-10-9-20-24(27-21)35-25(26-20)28-23(29)22(34-17-11-13-32-14-12-17)16-3-5-18(6-4-16)36(30,31)19-7-8-19/h3-6,9-10,15,17,19,22H,7-8,11-14H2,1-2H3,(H,26,28,29). The van der Waals surface area contributed by atoms with E-state index in [1.165, 1.54) is 11.3 Å². The zero-order chi connectivity index (χ0) is 25.3. The van der Waals surface area contributed by atoms with Crippen molar-refractivity contribution in [2.75, 3.05) is 18.5 Å². The fraction of sp³-hybridized carbons (Fsp3) is 0.480. The second kappa shape index (κ2) is 10.4. The van der Waals surface area contributed by atoms with Gasteiger partial charge in [-0.25, -0.2) is 18.4 Å². The van der Waals surface area contributed by atoms with Crippen LogP contribution in [0.25, 0.3) is 10.3 Å². The molecule has 1 amide bonds. The molecule has 3 heterocycles. The Kier molecular flexibility index (Phi) is 7.25. The molecule has 1 atom stereocenters. The van der Waals surface area contributed by atoms with Crippen molar-refractivity contribution in [2.45, 2.75) is 68.0 Å². The van der Waals surface area contributed by atoms with Crippen LogP contribution in [0.2, 0.25) is 0 Å². The van der Waals surface area contributed by atoms with Gasteiger partial charge in [0.2, 0.25) is 5.88 Å². The van der Waals surface area contributed by atoms with Crippen molar-refractivity contribution in [1.82, 2.24) is 9.97 Å². The number of pyridine rings is 1. The third-order valence-corrected chi connectivity index (χ3v) is 9.18. The molecule has 2 aliphatic rings. The number of fused-ring (bicyclic) bond motifs is 1. The van der Waals surface area contributed by atoms with Crippen LogP contribution in [0.15, 0.2) is 41.3 Å². The number of amides is 1. The predicted octanol–water partition coefficient (Wildman–Crippen LogP) is 4.29. The number of anilines is 1. The van der Waals surface area contributed by atoms with Crippen LogP contribution in [0.3, 0.4) is 0 Å². The number of benzene rings is 1. The van der Waals surface area contributed by atoms with Crippen LogP contribution in [-0.4, -0.2) is 55.0 Å². The summed E-state index contributed by atoms with van der Waals surface area (Å²) in [6.45, 7) is 5.00. The van der Waals surface area contributed by atoms with Crippen molar-refractivity contribution in [1.29, 1.82) is 0 Å². The van der Waals surface area contributed by atoms with E-state index in [4.69, 9.17) is 14.2 Å². The lowest BCUT2D eigenvalue weighted by Gasteiger charge is -2.27. The van der Waals surface area contributed by atoms with Crippen LogP contribution < -0.4 is 10.1 Å². The number of carbonyl (C=O) groups is 1. The molecule has 5 rings (SSSR count). The Bertz CT molecular complexity index is 1330. The topological polar surface area (TPSA) is 117 Å². The Balaban J connectivity index is 1.37. The van der Waals surface area contributed by atoms with Gasteiger partial charge >= 0.3 is 0 Å². The first kappa shape index (κ1) is 25.1. The van der Waals surface area contributed by atoms with E-state index in [2.05, 4.69) is 15.3 Å².